The fourth-order valence-corrected chi connectivity index (χ4v) is 9.28. The topological polar surface area (TPSA) is 60.9 Å². The summed E-state index contributed by atoms with van der Waals surface area (Å²) in [7, 11) is -1.48. The Bertz CT molecular complexity index is 3330. The molecule has 10 aromatic rings. The summed E-state index contributed by atoms with van der Waals surface area (Å²) in [4.78, 5) is 8.00. The van der Waals surface area contributed by atoms with Crippen LogP contribution in [0.2, 0.25) is 19.6 Å². The van der Waals surface area contributed by atoms with E-state index in [1.54, 1.807) is 0 Å². The first kappa shape index (κ1) is 35.8. The molecule has 0 saturated carbocycles. The second-order valence-corrected chi connectivity index (χ2v) is 21.3. The van der Waals surface area contributed by atoms with E-state index in [0.717, 1.165) is 88.8 Å². The molecule has 2 aromatic heterocycles. The van der Waals surface area contributed by atoms with Crippen LogP contribution in [0.3, 0.4) is 0 Å². The Balaban J connectivity index is 1.05. The first-order valence-corrected chi connectivity index (χ1v) is 23.1. The summed E-state index contributed by atoms with van der Waals surface area (Å²) in [6, 6.07) is 56.4. The molecular formula is C52H38N4O2Si. The number of furan rings is 2. The maximum absolute atomic E-state index is 9.49. The minimum atomic E-state index is -1.48. The molecule has 8 aromatic carbocycles. The molecule has 0 N–H and O–H groups in total. The Labute approximate surface area is 343 Å². The third-order valence-electron chi connectivity index (χ3n) is 11.3. The number of benzene rings is 8. The Hall–Kier alpha value is -7.58. The zero-order valence-electron chi connectivity index (χ0n) is 33.1. The average molecular weight is 779 g/mol. The first-order valence-electron chi connectivity index (χ1n) is 19.6. The molecule has 7 heteroatoms. The van der Waals surface area contributed by atoms with Crippen molar-refractivity contribution in [3.05, 3.63) is 180 Å². The summed E-state index contributed by atoms with van der Waals surface area (Å²) in [6.45, 7) is 16.6. The number of hydrogen-bond donors (Lipinski definition) is 0. The maximum atomic E-state index is 9.49. The molecule has 2 heterocycles. The van der Waals surface area contributed by atoms with Gasteiger partial charge in [-0.25, -0.2) is 4.85 Å². The van der Waals surface area contributed by atoms with Gasteiger partial charge in [-0.2, -0.15) is 5.26 Å². The highest BCUT2D eigenvalue weighted by Gasteiger charge is 2.21. The number of nitriles is 1. The van der Waals surface area contributed by atoms with Crippen molar-refractivity contribution in [3.8, 4) is 6.07 Å². The smallest absolute Gasteiger partial charge is 0.187 e. The first-order chi connectivity index (χ1) is 28.6. The Morgan fingerprint density at radius 1 is 0.492 bits per heavy atom. The SMILES string of the molecule is [C-]#[N+]c1ccc(N(c2ccc(C)cc2)c2ccc3c(c2)oc2cc4cc5oc6cc(N(c7ccc(C#N)cc7)c7ccc([Si](C)(C)C)cc7)ccc6c5cc4cc23)cc1. The zero-order chi connectivity index (χ0) is 40.4. The van der Waals surface area contributed by atoms with Gasteiger partial charge in [0, 0.05) is 67.8 Å². The number of hydrogen-bond acceptors (Lipinski definition) is 5. The second kappa shape index (κ2) is 13.8. The van der Waals surface area contributed by atoms with Crippen LogP contribution in [0.15, 0.2) is 167 Å². The fourth-order valence-electron chi connectivity index (χ4n) is 8.11. The molecule has 0 saturated heterocycles. The van der Waals surface area contributed by atoms with Crippen LogP contribution in [0.1, 0.15) is 11.1 Å². The van der Waals surface area contributed by atoms with Crippen LogP contribution >= 0.6 is 0 Å². The lowest BCUT2D eigenvalue weighted by molar-refractivity contribution is 0.668. The number of fused-ring (bicyclic) bond motifs is 7. The lowest BCUT2D eigenvalue weighted by atomic mass is 10.0. The normalized spacial score (nSPS) is 11.7. The molecule has 0 spiro atoms. The molecule has 0 aliphatic carbocycles. The number of aryl methyl sites for hydroxylation is 1. The molecule has 0 atom stereocenters. The van der Waals surface area contributed by atoms with Gasteiger partial charge in [-0.05, 0) is 127 Å². The summed E-state index contributed by atoms with van der Waals surface area (Å²) < 4.78 is 13.2. The van der Waals surface area contributed by atoms with Crippen molar-refractivity contribution in [2.24, 2.45) is 0 Å². The van der Waals surface area contributed by atoms with Crippen LogP contribution in [0.25, 0.3) is 59.5 Å². The zero-order valence-corrected chi connectivity index (χ0v) is 34.1. The van der Waals surface area contributed by atoms with Gasteiger partial charge in [0.2, 0.25) is 0 Å². The van der Waals surface area contributed by atoms with Gasteiger partial charge in [-0.15, -0.1) is 0 Å². The van der Waals surface area contributed by atoms with Crippen molar-refractivity contribution < 1.29 is 8.83 Å². The highest BCUT2D eigenvalue weighted by molar-refractivity contribution is 6.88. The molecule has 59 heavy (non-hydrogen) atoms. The van der Waals surface area contributed by atoms with Crippen molar-refractivity contribution in [2.45, 2.75) is 26.6 Å². The van der Waals surface area contributed by atoms with Crippen molar-refractivity contribution in [3.63, 3.8) is 0 Å². The lowest BCUT2D eigenvalue weighted by Crippen LogP contribution is -2.37. The Morgan fingerprint density at radius 2 is 0.898 bits per heavy atom. The van der Waals surface area contributed by atoms with Crippen molar-refractivity contribution in [1.29, 1.82) is 5.26 Å². The summed E-state index contributed by atoms with van der Waals surface area (Å²) in [5.41, 5.74) is 11.5. The predicted molar refractivity (Wildman–Crippen MR) is 247 cm³/mol. The third-order valence-corrected chi connectivity index (χ3v) is 13.3. The number of anilines is 6. The Morgan fingerprint density at radius 3 is 1.36 bits per heavy atom. The Kier molecular flexibility index (Phi) is 8.38. The van der Waals surface area contributed by atoms with E-state index in [0.29, 0.717) is 11.3 Å². The highest BCUT2D eigenvalue weighted by atomic mass is 28.3. The van der Waals surface area contributed by atoms with Gasteiger partial charge in [0.25, 0.3) is 0 Å². The standard InChI is InChI=1S/C52H38N4O2Si/c1-33-6-12-38(13-7-33)55(40-16-10-37(54-2)11-17-40)42-20-24-45-47-26-35-27-48-46-25-21-43(31-52(46)58-50(48)29-36(35)28-49(47)57-51(45)30-42)56(39-14-8-34(32-53)9-15-39)41-18-22-44(23-19-41)59(3,4)5/h6-31H,1,3-5H3. The van der Waals surface area contributed by atoms with Crippen LogP contribution in [0.4, 0.5) is 39.8 Å². The van der Waals surface area contributed by atoms with Crippen molar-refractivity contribution >= 4 is 108 Å². The summed E-state index contributed by atoms with van der Waals surface area (Å²) >= 11 is 0. The van der Waals surface area contributed by atoms with E-state index in [-0.39, 0.29) is 0 Å². The van der Waals surface area contributed by atoms with E-state index in [2.05, 4.69) is 156 Å². The maximum Gasteiger partial charge on any atom is 0.187 e. The highest BCUT2D eigenvalue weighted by Crippen LogP contribution is 2.42. The minimum Gasteiger partial charge on any atom is -0.456 e. The quantitative estimate of drug-likeness (QED) is 0.119. The van der Waals surface area contributed by atoms with Crippen LogP contribution in [-0.4, -0.2) is 8.07 Å². The van der Waals surface area contributed by atoms with Crippen LogP contribution in [-0.2, 0) is 0 Å². The predicted octanol–water partition coefficient (Wildman–Crippen LogP) is 14.9. The van der Waals surface area contributed by atoms with Crippen LogP contribution < -0.4 is 15.0 Å². The summed E-state index contributed by atoms with van der Waals surface area (Å²) in [6.07, 6.45) is 0. The third kappa shape index (κ3) is 6.35. The number of rotatable bonds is 7. The summed E-state index contributed by atoms with van der Waals surface area (Å²) in [5, 5.41) is 17.2. The van der Waals surface area contributed by atoms with Crippen molar-refractivity contribution in [1.82, 2.24) is 0 Å². The van der Waals surface area contributed by atoms with E-state index in [9.17, 15) is 5.26 Å². The second-order valence-electron chi connectivity index (χ2n) is 16.2. The molecule has 0 radical (unpaired) electrons. The molecule has 0 aliphatic heterocycles. The molecule has 0 bridgehead atoms. The van der Waals surface area contributed by atoms with E-state index >= 15 is 0 Å². The monoisotopic (exact) mass is 778 g/mol. The molecule has 6 nitrogen and oxygen atoms in total. The van der Waals surface area contributed by atoms with E-state index in [1.807, 2.05) is 48.5 Å². The minimum absolute atomic E-state index is 0.604. The average Bonchev–Trinajstić information content (AvgIpc) is 3.79. The van der Waals surface area contributed by atoms with Crippen molar-refractivity contribution in [2.75, 3.05) is 9.80 Å². The van der Waals surface area contributed by atoms with Gasteiger partial charge >= 0.3 is 0 Å². The molecule has 10 rings (SSSR count). The molecule has 0 unspecified atom stereocenters. The van der Waals surface area contributed by atoms with Crippen LogP contribution in [0, 0.1) is 24.8 Å². The molecule has 0 amide bonds. The van der Waals surface area contributed by atoms with Gasteiger partial charge in [-0.1, -0.05) is 66.8 Å². The van der Waals surface area contributed by atoms with E-state index in [4.69, 9.17) is 15.4 Å². The molecule has 0 fully saturated rings. The van der Waals surface area contributed by atoms with Gasteiger partial charge in [-0.3, -0.25) is 0 Å². The van der Waals surface area contributed by atoms with E-state index in [1.165, 1.54) is 10.8 Å². The van der Waals surface area contributed by atoms with Gasteiger partial charge in [0.05, 0.1) is 26.3 Å². The molecular weight excluding hydrogens is 741 g/mol. The number of nitrogens with zero attached hydrogens (tertiary/aromatic N) is 4. The van der Waals surface area contributed by atoms with Gasteiger partial charge in [0.15, 0.2) is 5.69 Å². The lowest BCUT2D eigenvalue weighted by Gasteiger charge is -2.26. The molecule has 0 aliphatic rings. The largest absolute Gasteiger partial charge is 0.456 e. The van der Waals surface area contributed by atoms with E-state index < -0.39 is 8.07 Å². The molecule has 282 valence electrons. The summed E-state index contributed by atoms with van der Waals surface area (Å²) in [5.74, 6) is 0. The van der Waals surface area contributed by atoms with Crippen LogP contribution in [0.5, 0.6) is 0 Å². The van der Waals surface area contributed by atoms with Gasteiger partial charge in [0.1, 0.15) is 22.3 Å². The fraction of sp³-hybridized carbons (Fsp3) is 0.0769. The van der Waals surface area contributed by atoms with Gasteiger partial charge < -0.3 is 18.6 Å².